The number of hydrogen-bond donors (Lipinski definition) is 1. The molecule has 1 rings (SSSR count). The fourth-order valence-corrected chi connectivity index (χ4v) is 3.93. The summed E-state index contributed by atoms with van der Waals surface area (Å²) in [6.07, 6.45) is 17.7. The third kappa shape index (κ3) is 12.5. The molecule has 29 heavy (non-hydrogen) atoms. The molecular formula is C23H39N3O2S. The Hall–Kier alpha value is -1.69. The predicted octanol–water partition coefficient (Wildman–Crippen LogP) is 6.11. The van der Waals surface area contributed by atoms with Crippen molar-refractivity contribution in [2.45, 2.75) is 90.9 Å². The molecule has 164 valence electrons. The van der Waals surface area contributed by atoms with Gasteiger partial charge in [0.1, 0.15) is 6.54 Å². The molecule has 1 aromatic rings. The second kappa shape index (κ2) is 16.1. The Kier molecular flexibility index (Phi) is 14.1. The van der Waals surface area contributed by atoms with Crippen LogP contribution in [-0.4, -0.2) is 34.8 Å². The highest BCUT2D eigenvalue weighted by molar-refractivity contribution is 7.15. The molecule has 0 saturated carbocycles. The number of hydrogen-bond acceptors (Lipinski definition) is 4. The zero-order valence-electron chi connectivity index (χ0n) is 18.4. The van der Waals surface area contributed by atoms with Crippen molar-refractivity contribution in [1.29, 1.82) is 0 Å². The molecule has 5 nitrogen and oxygen atoms in total. The SMILES string of the molecule is C=CCN(CC(=O)Nc1ncc(C)s1)C(=O)CCCCCCCCCCCCC. The molecule has 0 aromatic carbocycles. The summed E-state index contributed by atoms with van der Waals surface area (Å²) in [5.74, 6) is -0.195. The molecule has 0 spiro atoms. The number of carbonyl (C=O) groups is 2. The van der Waals surface area contributed by atoms with Crippen LogP contribution in [-0.2, 0) is 9.59 Å². The van der Waals surface area contributed by atoms with Gasteiger partial charge in [-0.25, -0.2) is 4.98 Å². The Labute approximate surface area is 181 Å². The van der Waals surface area contributed by atoms with E-state index in [0.717, 1.165) is 17.7 Å². The van der Waals surface area contributed by atoms with E-state index in [1.807, 2.05) is 6.92 Å². The number of rotatable bonds is 17. The fraction of sp³-hybridized carbons (Fsp3) is 0.696. The van der Waals surface area contributed by atoms with E-state index in [-0.39, 0.29) is 18.4 Å². The smallest absolute Gasteiger partial charge is 0.245 e. The van der Waals surface area contributed by atoms with Gasteiger partial charge >= 0.3 is 0 Å². The third-order valence-electron chi connectivity index (χ3n) is 4.90. The number of amides is 2. The highest BCUT2D eigenvalue weighted by Crippen LogP contribution is 2.16. The summed E-state index contributed by atoms with van der Waals surface area (Å²) in [6.45, 7) is 8.32. The van der Waals surface area contributed by atoms with E-state index in [4.69, 9.17) is 0 Å². The Morgan fingerprint density at radius 3 is 2.17 bits per heavy atom. The normalized spacial score (nSPS) is 10.7. The lowest BCUT2D eigenvalue weighted by Crippen LogP contribution is -2.38. The van der Waals surface area contributed by atoms with Crippen LogP contribution in [0.4, 0.5) is 5.13 Å². The Morgan fingerprint density at radius 1 is 1.07 bits per heavy atom. The van der Waals surface area contributed by atoms with Crippen molar-refractivity contribution in [1.82, 2.24) is 9.88 Å². The molecule has 0 saturated heterocycles. The summed E-state index contributed by atoms with van der Waals surface area (Å²) in [5, 5.41) is 3.33. The molecule has 6 heteroatoms. The predicted molar refractivity (Wildman–Crippen MR) is 123 cm³/mol. The molecule has 0 atom stereocenters. The number of unbranched alkanes of at least 4 members (excludes halogenated alkanes) is 10. The highest BCUT2D eigenvalue weighted by Gasteiger charge is 2.16. The molecule has 0 radical (unpaired) electrons. The van der Waals surface area contributed by atoms with Crippen molar-refractivity contribution < 1.29 is 9.59 Å². The Morgan fingerprint density at radius 2 is 1.66 bits per heavy atom. The molecule has 0 bridgehead atoms. The summed E-state index contributed by atoms with van der Waals surface area (Å²) in [6, 6.07) is 0. The summed E-state index contributed by atoms with van der Waals surface area (Å²) in [4.78, 5) is 31.4. The van der Waals surface area contributed by atoms with E-state index in [1.54, 1.807) is 17.2 Å². The van der Waals surface area contributed by atoms with Gasteiger partial charge < -0.3 is 10.2 Å². The quantitative estimate of drug-likeness (QED) is 0.244. The van der Waals surface area contributed by atoms with Gasteiger partial charge in [0, 0.05) is 24.0 Å². The van der Waals surface area contributed by atoms with Gasteiger partial charge in [-0.3, -0.25) is 9.59 Å². The van der Waals surface area contributed by atoms with E-state index >= 15 is 0 Å². The maximum Gasteiger partial charge on any atom is 0.245 e. The van der Waals surface area contributed by atoms with Crippen LogP contribution < -0.4 is 5.32 Å². The first-order chi connectivity index (χ1) is 14.1. The molecule has 1 aromatic heterocycles. The van der Waals surface area contributed by atoms with Crippen LogP contribution >= 0.6 is 11.3 Å². The van der Waals surface area contributed by atoms with Gasteiger partial charge in [0.25, 0.3) is 0 Å². The van der Waals surface area contributed by atoms with Crippen LogP contribution in [0.5, 0.6) is 0 Å². The van der Waals surface area contributed by atoms with Crippen LogP contribution in [0.3, 0.4) is 0 Å². The lowest BCUT2D eigenvalue weighted by atomic mass is 10.1. The number of anilines is 1. The second-order valence-corrected chi connectivity index (χ2v) is 8.91. The molecular weight excluding hydrogens is 382 g/mol. The van der Waals surface area contributed by atoms with Gasteiger partial charge in [-0.2, -0.15) is 0 Å². The number of aromatic nitrogens is 1. The molecule has 1 heterocycles. The zero-order chi connectivity index (χ0) is 21.3. The standard InChI is InChI=1S/C23H39N3O2S/c1-4-6-7-8-9-10-11-12-13-14-15-16-22(28)26(17-5-2)19-21(27)25-23-24-18-20(3)29-23/h5,18H,2,4,6-17,19H2,1,3H3,(H,24,25,27). The van der Waals surface area contributed by atoms with Crippen LogP contribution in [0.15, 0.2) is 18.9 Å². The Balaban J connectivity index is 2.15. The van der Waals surface area contributed by atoms with Gasteiger partial charge in [0.2, 0.25) is 11.8 Å². The van der Waals surface area contributed by atoms with Crippen molar-refractivity contribution in [2.75, 3.05) is 18.4 Å². The molecule has 0 aliphatic heterocycles. The first-order valence-electron chi connectivity index (χ1n) is 11.2. The number of nitrogens with one attached hydrogen (secondary N) is 1. The number of carbonyl (C=O) groups excluding carboxylic acids is 2. The van der Waals surface area contributed by atoms with Crippen molar-refractivity contribution in [2.24, 2.45) is 0 Å². The van der Waals surface area contributed by atoms with Gasteiger partial charge in [-0.05, 0) is 13.3 Å². The summed E-state index contributed by atoms with van der Waals surface area (Å²) < 4.78 is 0. The van der Waals surface area contributed by atoms with E-state index in [0.29, 0.717) is 18.1 Å². The average Bonchev–Trinajstić information content (AvgIpc) is 3.10. The highest BCUT2D eigenvalue weighted by atomic mass is 32.1. The van der Waals surface area contributed by atoms with Crippen LogP contribution in [0.25, 0.3) is 0 Å². The largest absolute Gasteiger partial charge is 0.330 e. The Bertz CT molecular complexity index is 601. The number of nitrogens with zero attached hydrogens (tertiary/aromatic N) is 2. The van der Waals surface area contributed by atoms with Crippen molar-refractivity contribution in [3.63, 3.8) is 0 Å². The van der Waals surface area contributed by atoms with Gasteiger partial charge in [-0.1, -0.05) is 77.2 Å². The lowest BCUT2D eigenvalue weighted by molar-refractivity contribution is -0.134. The van der Waals surface area contributed by atoms with E-state index < -0.39 is 0 Å². The van der Waals surface area contributed by atoms with Gasteiger partial charge in [-0.15, -0.1) is 17.9 Å². The zero-order valence-corrected chi connectivity index (χ0v) is 19.2. The minimum Gasteiger partial charge on any atom is -0.330 e. The van der Waals surface area contributed by atoms with Crippen molar-refractivity contribution >= 4 is 28.3 Å². The first kappa shape index (κ1) is 25.3. The first-order valence-corrected chi connectivity index (χ1v) is 12.0. The van der Waals surface area contributed by atoms with Gasteiger partial charge in [0.05, 0.1) is 0 Å². The minimum atomic E-state index is -0.214. The van der Waals surface area contributed by atoms with Crippen molar-refractivity contribution in [3.05, 3.63) is 23.7 Å². The molecule has 0 aliphatic rings. The second-order valence-electron chi connectivity index (χ2n) is 7.67. The third-order valence-corrected chi connectivity index (χ3v) is 5.73. The van der Waals surface area contributed by atoms with Crippen LogP contribution in [0.1, 0.15) is 88.9 Å². The number of thiazole rings is 1. The maximum atomic E-state index is 12.5. The van der Waals surface area contributed by atoms with E-state index in [1.165, 1.54) is 69.1 Å². The summed E-state index contributed by atoms with van der Waals surface area (Å²) in [5.41, 5.74) is 0. The van der Waals surface area contributed by atoms with Gasteiger partial charge in [0.15, 0.2) is 5.13 Å². The lowest BCUT2D eigenvalue weighted by Gasteiger charge is -2.20. The fourth-order valence-electron chi connectivity index (χ4n) is 3.25. The molecule has 0 fully saturated rings. The van der Waals surface area contributed by atoms with Crippen LogP contribution in [0, 0.1) is 6.92 Å². The van der Waals surface area contributed by atoms with E-state index in [9.17, 15) is 9.59 Å². The summed E-state index contributed by atoms with van der Waals surface area (Å²) >= 11 is 1.43. The molecule has 0 aliphatic carbocycles. The average molecular weight is 422 g/mol. The maximum absolute atomic E-state index is 12.5. The molecule has 0 unspecified atom stereocenters. The molecule has 1 N–H and O–H groups in total. The van der Waals surface area contributed by atoms with Crippen molar-refractivity contribution in [3.8, 4) is 0 Å². The topological polar surface area (TPSA) is 62.3 Å². The summed E-state index contributed by atoms with van der Waals surface area (Å²) in [7, 11) is 0. The molecule has 2 amide bonds. The van der Waals surface area contributed by atoms with Crippen LogP contribution in [0.2, 0.25) is 0 Å². The minimum absolute atomic E-state index is 0.0197. The number of aryl methyl sites for hydroxylation is 1. The monoisotopic (exact) mass is 421 g/mol. The van der Waals surface area contributed by atoms with E-state index in [2.05, 4.69) is 23.8 Å².